The average Bonchev–Trinajstić information content (AvgIpc) is 2.46. The number of hydrogen-bond donors (Lipinski definition) is 0. The van der Waals surface area contributed by atoms with Gasteiger partial charge in [-0.1, -0.05) is 28.4 Å². The van der Waals surface area contributed by atoms with E-state index in [0.29, 0.717) is 13.0 Å². The standard InChI is InChI=1S/C13H19BrN2O2S/c14-11-13-6-2-4-9-16(13)19(17,18)10-7-12-5-1-3-8-15-12/h1,3,5,8,13H,2,4,6-7,9-11H2. The summed E-state index contributed by atoms with van der Waals surface area (Å²) in [4.78, 5) is 4.17. The van der Waals surface area contributed by atoms with Crippen LogP contribution in [0.1, 0.15) is 25.0 Å². The Morgan fingerprint density at radius 1 is 1.37 bits per heavy atom. The Morgan fingerprint density at radius 2 is 2.21 bits per heavy atom. The van der Waals surface area contributed by atoms with E-state index in [9.17, 15) is 8.42 Å². The third kappa shape index (κ3) is 4.00. The van der Waals surface area contributed by atoms with Gasteiger partial charge in [0.2, 0.25) is 10.0 Å². The van der Waals surface area contributed by atoms with Gasteiger partial charge >= 0.3 is 0 Å². The van der Waals surface area contributed by atoms with Crippen LogP contribution in [0.5, 0.6) is 0 Å². The normalized spacial score (nSPS) is 21.4. The monoisotopic (exact) mass is 346 g/mol. The van der Waals surface area contributed by atoms with Crippen molar-refractivity contribution in [1.29, 1.82) is 0 Å². The molecule has 2 heterocycles. The van der Waals surface area contributed by atoms with Crippen LogP contribution >= 0.6 is 15.9 Å². The number of pyridine rings is 1. The molecule has 1 fully saturated rings. The van der Waals surface area contributed by atoms with Crippen molar-refractivity contribution in [2.75, 3.05) is 17.6 Å². The summed E-state index contributed by atoms with van der Waals surface area (Å²) >= 11 is 3.42. The van der Waals surface area contributed by atoms with Gasteiger partial charge < -0.3 is 0 Å². The summed E-state index contributed by atoms with van der Waals surface area (Å²) in [7, 11) is -3.18. The van der Waals surface area contributed by atoms with Crippen LogP contribution < -0.4 is 0 Å². The summed E-state index contributed by atoms with van der Waals surface area (Å²) in [6, 6.07) is 5.71. The van der Waals surface area contributed by atoms with Crippen molar-refractivity contribution < 1.29 is 8.42 Å². The average molecular weight is 347 g/mol. The van der Waals surface area contributed by atoms with Crippen molar-refractivity contribution in [2.24, 2.45) is 0 Å². The predicted octanol–water partition coefficient (Wildman–Crippen LogP) is 2.20. The summed E-state index contributed by atoms with van der Waals surface area (Å²) in [6.07, 6.45) is 5.21. The fraction of sp³-hybridized carbons (Fsp3) is 0.615. The second kappa shape index (κ2) is 6.81. The van der Waals surface area contributed by atoms with Crippen molar-refractivity contribution in [3.8, 4) is 0 Å². The van der Waals surface area contributed by atoms with Gasteiger partial charge in [0.15, 0.2) is 0 Å². The van der Waals surface area contributed by atoms with Crippen molar-refractivity contribution in [2.45, 2.75) is 31.7 Å². The van der Waals surface area contributed by atoms with Gasteiger partial charge in [-0.25, -0.2) is 8.42 Å². The zero-order chi connectivity index (χ0) is 13.7. The van der Waals surface area contributed by atoms with Crippen LogP contribution in [0.4, 0.5) is 0 Å². The van der Waals surface area contributed by atoms with Crippen LogP contribution in [0.3, 0.4) is 0 Å². The van der Waals surface area contributed by atoms with E-state index in [2.05, 4.69) is 20.9 Å². The molecule has 0 spiro atoms. The molecule has 0 amide bonds. The molecule has 1 saturated heterocycles. The molecule has 1 unspecified atom stereocenters. The number of hydrogen-bond acceptors (Lipinski definition) is 3. The molecule has 6 heteroatoms. The molecule has 1 aromatic rings. The fourth-order valence-electron chi connectivity index (χ4n) is 2.39. The number of rotatable bonds is 5. The molecule has 0 N–H and O–H groups in total. The molecule has 1 aliphatic rings. The molecule has 19 heavy (non-hydrogen) atoms. The minimum atomic E-state index is -3.18. The third-order valence-corrected chi connectivity index (χ3v) is 6.11. The van der Waals surface area contributed by atoms with Gasteiger partial charge in [-0.05, 0) is 25.0 Å². The molecular formula is C13H19BrN2O2S. The number of piperidine rings is 1. The summed E-state index contributed by atoms with van der Waals surface area (Å²) < 4.78 is 26.5. The Bertz CT molecular complexity index is 493. The quantitative estimate of drug-likeness (QED) is 0.768. The van der Waals surface area contributed by atoms with Crippen LogP contribution in [0.25, 0.3) is 0 Å². The zero-order valence-corrected chi connectivity index (χ0v) is 13.2. The van der Waals surface area contributed by atoms with Crippen LogP contribution in [-0.4, -0.2) is 41.4 Å². The Labute approximate surface area is 123 Å². The Hall–Kier alpha value is -0.460. The van der Waals surface area contributed by atoms with Crippen molar-refractivity contribution in [3.05, 3.63) is 30.1 Å². The maximum absolute atomic E-state index is 12.4. The van der Waals surface area contributed by atoms with E-state index in [4.69, 9.17) is 0 Å². The summed E-state index contributed by atoms with van der Waals surface area (Å²) in [5.41, 5.74) is 0.832. The first kappa shape index (κ1) is 14.9. The van der Waals surface area contributed by atoms with Gasteiger partial charge in [-0.2, -0.15) is 4.31 Å². The number of alkyl halides is 1. The molecule has 2 rings (SSSR count). The number of sulfonamides is 1. The van der Waals surface area contributed by atoms with E-state index < -0.39 is 10.0 Å². The number of halogens is 1. The van der Waals surface area contributed by atoms with Crippen LogP contribution in [0, 0.1) is 0 Å². The van der Waals surface area contributed by atoms with Gasteiger partial charge in [0.25, 0.3) is 0 Å². The lowest BCUT2D eigenvalue weighted by atomic mass is 10.1. The maximum Gasteiger partial charge on any atom is 0.214 e. The minimum Gasteiger partial charge on any atom is -0.261 e. The lowest BCUT2D eigenvalue weighted by molar-refractivity contribution is 0.273. The molecule has 106 valence electrons. The Morgan fingerprint density at radius 3 is 2.89 bits per heavy atom. The van der Waals surface area contributed by atoms with Crippen LogP contribution in [-0.2, 0) is 16.4 Å². The molecule has 0 aromatic carbocycles. The highest BCUT2D eigenvalue weighted by atomic mass is 79.9. The first-order valence-corrected chi connectivity index (χ1v) is 9.32. The van der Waals surface area contributed by atoms with Gasteiger partial charge in [0, 0.05) is 36.2 Å². The number of aromatic nitrogens is 1. The molecule has 1 aliphatic heterocycles. The predicted molar refractivity (Wildman–Crippen MR) is 79.9 cm³/mol. The van der Waals surface area contributed by atoms with Crippen LogP contribution in [0.15, 0.2) is 24.4 Å². The molecule has 0 bridgehead atoms. The highest BCUT2D eigenvalue weighted by molar-refractivity contribution is 9.09. The lowest BCUT2D eigenvalue weighted by Gasteiger charge is -2.33. The minimum absolute atomic E-state index is 0.113. The van der Waals surface area contributed by atoms with E-state index >= 15 is 0 Å². The fourth-order valence-corrected chi connectivity index (χ4v) is 5.00. The first-order chi connectivity index (χ1) is 9.13. The molecule has 4 nitrogen and oxygen atoms in total. The van der Waals surface area contributed by atoms with E-state index in [-0.39, 0.29) is 11.8 Å². The van der Waals surface area contributed by atoms with E-state index in [1.807, 2.05) is 18.2 Å². The second-order valence-corrected chi connectivity index (χ2v) is 7.49. The molecule has 1 aromatic heterocycles. The van der Waals surface area contributed by atoms with E-state index in [0.717, 1.165) is 30.3 Å². The third-order valence-electron chi connectivity index (χ3n) is 3.45. The van der Waals surface area contributed by atoms with Crippen molar-refractivity contribution in [3.63, 3.8) is 0 Å². The van der Waals surface area contributed by atoms with Gasteiger partial charge in [-0.15, -0.1) is 0 Å². The van der Waals surface area contributed by atoms with Gasteiger partial charge in [-0.3, -0.25) is 4.98 Å². The molecule has 0 aliphatic carbocycles. The second-order valence-electron chi connectivity index (χ2n) is 4.80. The van der Waals surface area contributed by atoms with Crippen molar-refractivity contribution >= 4 is 26.0 Å². The zero-order valence-electron chi connectivity index (χ0n) is 10.8. The molecule has 0 radical (unpaired) electrons. The lowest BCUT2D eigenvalue weighted by Crippen LogP contribution is -2.45. The molecule has 0 saturated carbocycles. The smallest absolute Gasteiger partial charge is 0.214 e. The van der Waals surface area contributed by atoms with Gasteiger partial charge in [0.05, 0.1) is 5.75 Å². The SMILES string of the molecule is O=S(=O)(CCc1ccccn1)N1CCCCC1CBr. The summed E-state index contributed by atoms with van der Waals surface area (Å²) in [5.74, 6) is 0.146. The topological polar surface area (TPSA) is 50.3 Å². The molecule has 1 atom stereocenters. The van der Waals surface area contributed by atoms with E-state index in [1.54, 1.807) is 10.5 Å². The first-order valence-electron chi connectivity index (χ1n) is 6.59. The summed E-state index contributed by atoms with van der Waals surface area (Å²) in [6.45, 7) is 0.654. The highest BCUT2D eigenvalue weighted by Gasteiger charge is 2.31. The number of nitrogens with zero attached hydrogens (tertiary/aromatic N) is 2. The maximum atomic E-state index is 12.4. The van der Waals surface area contributed by atoms with E-state index in [1.165, 1.54) is 0 Å². The Kier molecular flexibility index (Phi) is 5.36. The molecular weight excluding hydrogens is 328 g/mol. The summed E-state index contributed by atoms with van der Waals surface area (Å²) in [5, 5.41) is 0.718. The number of aryl methyl sites for hydroxylation is 1. The van der Waals surface area contributed by atoms with Gasteiger partial charge in [0.1, 0.15) is 0 Å². The largest absolute Gasteiger partial charge is 0.261 e. The Balaban J connectivity index is 2.01. The van der Waals surface area contributed by atoms with Crippen molar-refractivity contribution in [1.82, 2.24) is 9.29 Å². The highest BCUT2D eigenvalue weighted by Crippen LogP contribution is 2.22. The van der Waals surface area contributed by atoms with Crippen LogP contribution in [0.2, 0.25) is 0 Å².